The summed E-state index contributed by atoms with van der Waals surface area (Å²) in [5, 5.41) is 3.48. The summed E-state index contributed by atoms with van der Waals surface area (Å²) in [6, 6.07) is 4.29. The van der Waals surface area contributed by atoms with Gasteiger partial charge in [-0.05, 0) is 53.2 Å². The summed E-state index contributed by atoms with van der Waals surface area (Å²) < 4.78 is 0. The first-order valence-electron chi connectivity index (χ1n) is 7.66. The first-order valence-corrected chi connectivity index (χ1v) is 7.66. The molecule has 3 heteroatoms. The van der Waals surface area contributed by atoms with Gasteiger partial charge in [0.1, 0.15) is 0 Å². The molecule has 1 aromatic rings. The molecule has 1 heterocycles. The van der Waals surface area contributed by atoms with Gasteiger partial charge in [0.2, 0.25) is 0 Å². The van der Waals surface area contributed by atoms with Crippen molar-refractivity contribution in [2.75, 3.05) is 6.54 Å². The van der Waals surface area contributed by atoms with E-state index < -0.39 is 0 Å². The lowest BCUT2D eigenvalue weighted by molar-refractivity contribution is 0.143. The van der Waals surface area contributed by atoms with Gasteiger partial charge in [-0.1, -0.05) is 12.1 Å². The van der Waals surface area contributed by atoms with Crippen LogP contribution in [0.1, 0.15) is 52.8 Å². The molecule has 0 saturated carbocycles. The number of nitrogens with one attached hydrogen (secondary N) is 1. The molecule has 0 bridgehead atoms. The van der Waals surface area contributed by atoms with Gasteiger partial charge in [0.25, 0.3) is 0 Å². The molecular weight excluding hydrogens is 258 g/mol. The van der Waals surface area contributed by atoms with E-state index in [-0.39, 0.29) is 11.1 Å². The van der Waals surface area contributed by atoms with Crippen LogP contribution >= 0.6 is 0 Å². The van der Waals surface area contributed by atoms with Gasteiger partial charge in [-0.3, -0.25) is 9.88 Å². The van der Waals surface area contributed by atoms with Crippen LogP contribution in [0.2, 0.25) is 0 Å². The van der Waals surface area contributed by atoms with Crippen LogP contribution in [0.25, 0.3) is 0 Å². The van der Waals surface area contributed by atoms with Crippen molar-refractivity contribution in [2.24, 2.45) is 0 Å². The zero-order chi connectivity index (χ0) is 16.1. The van der Waals surface area contributed by atoms with Gasteiger partial charge in [0.15, 0.2) is 0 Å². The Morgan fingerprint density at radius 3 is 2.29 bits per heavy atom. The molecule has 0 spiro atoms. The SMILES string of the molecule is C=CCN(Cc1ccc(CNC(C)(C)C)cn1)C(C)(C)C. The standard InChI is InChI=1S/C18H31N3/c1-8-11-21(18(5,6)7)14-16-10-9-15(12-19-16)13-20-17(2,3)4/h8-10,12,20H,1,11,13-14H2,2-7H3. The van der Waals surface area contributed by atoms with Crippen molar-refractivity contribution < 1.29 is 0 Å². The minimum absolute atomic E-state index is 0.113. The Morgan fingerprint density at radius 1 is 1.19 bits per heavy atom. The van der Waals surface area contributed by atoms with E-state index in [1.165, 1.54) is 5.56 Å². The minimum Gasteiger partial charge on any atom is -0.308 e. The summed E-state index contributed by atoms with van der Waals surface area (Å²) >= 11 is 0. The monoisotopic (exact) mass is 289 g/mol. The Bertz CT molecular complexity index is 435. The van der Waals surface area contributed by atoms with Gasteiger partial charge in [-0.2, -0.15) is 0 Å². The van der Waals surface area contributed by atoms with Crippen LogP contribution in [0.15, 0.2) is 31.0 Å². The fourth-order valence-corrected chi connectivity index (χ4v) is 1.95. The number of aromatic nitrogens is 1. The lowest BCUT2D eigenvalue weighted by Gasteiger charge is -2.34. The zero-order valence-electron chi connectivity index (χ0n) is 14.5. The molecule has 1 aromatic heterocycles. The molecule has 1 rings (SSSR count). The van der Waals surface area contributed by atoms with Crippen LogP contribution in [-0.2, 0) is 13.1 Å². The maximum Gasteiger partial charge on any atom is 0.0544 e. The van der Waals surface area contributed by atoms with Gasteiger partial charge in [0.05, 0.1) is 5.69 Å². The van der Waals surface area contributed by atoms with Gasteiger partial charge in [-0.25, -0.2) is 0 Å². The summed E-state index contributed by atoms with van der Waals surface area (Å²) in [4.78, 5) is 6.97. The first-order chi connectivity index (χ1) is 9.62. The average molecular weight is 289 g/mol. The average Bonchev–Trinajstić information content (AvgIpc) is 2.35. The van der Waals surface area contributed by atoms with Crippen LogP contribution in [0.3, 0.4) is 0 Å². The van der Waals surface area contributed by atoms with E-state index in [1.807, 2.05) is 12.3 Å². The largest absolute Gasteiger partial charge is 0.308 e. The fourth-order valence-electron chi connectivity index (χ4n) is 1.95. The highest BCUT2D eigenvalue weighted by atomic mass is 15.2. The van der Waals surface area contributed by atoms with E-state index in [0.29, 0.717) is 0 Å². The second-order valence-electron chi connectivity index (χ2n) is 7.60. The van der Waals surface area contributed by atoms with Crippen molar-refractivity contribution in [3.63, 3.8) is 0 Å². The molecule has 0 radical (unpaired) electrons. The molecule has 0 saturated heterocycles. The summed E-state index contributed by atoms with van der Waals surface area (Å²) in [5.41, 5.74) is 2.57. The van der Waals surface area contributed by atoms with Crippen LogP contribution in [0.4, 0.5) is 0 Å². The van der Waals surface area contributed by atoms with Crippen LogP contribution < -0.4 is 5.32 Å². The third kappa shape index (κ3) is 6.87. The molecule has 0 unspecified atom stereocenters. The third-order valence-electron chi connectivity index (χ3n) is 3.36. The molecule has 0 aromatic carbocycles. The minimum atomic E-state index is 0.113. The first kappa shape index (κ1) is 17.9. The molecule has 0 amide bonds. The highest BCUT2D eigenvalue weighted by Crippen LogP contribution is 2.16. The van der Waals surface area contributed by atoms with Crippen LogP contribution in [-0.4, -0.2) is 27.5 Å². The molecular formula is C18H31N3. The molecule has 1 N–H and O–H groups in total. The molecule has 0 aliphatic carbocycles. The molecule has 3 nitrogen and oxygen atoms in total. The Morgan fingerprint density at radius 2 is 1.86 bits per heavy atom. The van der Waals surface area contributed by atoms with Crippen molar-refractivity contribution in [3.8, 4) is 0 Å². The number of nitrogens with zero attached hydrogens (tertiary/aromatic N) is 2. The van der Waals surface area contributed by atoms with E-state index in [4.69, 9.17) is 0 Å². The predicted molar refractivity (Wildman–Crippen MR) is 91.2 cm³/mol. The Kier molecular flexibility index (Phi) is 6.11. The lowest BCUT2D eigenvalue weighted by Crippen LogP contribution is -2.41. The molecule has 0 aliphatic heterocycles. The fraction of sp³-hybridized carbons (Fsp3) is 0.611. The van der Waals surface area contributed by atoms with Crippen LogP contribution in [0, 0.1) is 0 Å². The molecule has 0 aliphatic rings. The van der Waals surface area contributed by atoms with E-state index in [2.05, 4.69) is 75.5 Å². The number of rotatable bonds is 6. The summed E-state index contributed by atoms with van der Waals surface area (Å²) in [7, 11) is 0. The second-order valence-corrected chi connectivity index (χ2v) is 7.60. The van der Waals surface area contributed by atoms with Crippen molar-refractivity contribution >= 4 is 0 Å². The van der Waals surface area contributed by atoms with Crippen molar-refractivity contribution in [1.82, 2.24) is 15.2 Å². The third-order valence-corrected chi connectivity index (χ3v) is 3.36. The number of hydrogen-bond donors (Lipinski definition) is 1. The molecule has 21 heavy (non-hydrogen) atoms. The summed E-state index contributed by atoms with van der Waals surface area (Å²) in [6.45, 7) is 19.6. The quantitative estimate of drug-likeness (QED) is 0.808. The highest BCUT2D eigenvalue weighted by Gasteiger charge is 2.20. The Labute approximate surface area is 130 Å². The molecule has 118 valence electrons. The van der Waals surface area contributed by atoms with Gasteiger partial charge >= 0.3 is 0 Å². The second kappa shape index (κ2) is 7.19. The predicted octanol–water partition coefficient (Wildman–Crippen LogP) is 3.76. The van der Waals surface area contributed by atoms with Crippen molar-refractivity contribution in [3.05, 3.63) is 42.2 Å². The maximum atomic E-state index is 4.60. The highest BCUT2D eigenvalue weighted by molar-refractivity contribution is 5.14. The van der Waals surface area contributed by atoms with Gasteiger partial charge in [0, 0.05) is 36.9 Å². The zero-order valence-corrected chi connectivity index (χ0v) is 14.5. The molecule has 0 fully saturated rings. The van der Waals surface area contributed by atoms with E-state index in [1.54, 1.807) is 0 Å². The summed E-state index contributed by atoms with van der Waals surface area (Å²) in [5.74, 6) is 0. The van der Waals surface area contributed by atoms with E-state index in [9.17, 15) is 0 Å². The Hall–Kier alpha value is -1.19. The smallest absolute Gasteiger partial charge is 0.0544 e. The normalized spacial score (nSPS) is 12.7. The lowest BCUT2D eigenvalue weighted by atomic mass is 10.1. The van der Waals surface area contributed by atoms with Gasteiger partial charge in [-0.15, -0.1) is 6.58 Å². The Balaban J connectivity index is 2.67. The van der Waals surface area contributed by atoms with E-state index in [0.717, 1.165) is 25.3 Å². The van der Waals surface area contributed by atoms with Crippen molar-refractivity contribution in [2.45, 2.75) is 65.7 Å². The topological polar surface area (TPSA) is 28.2 Å². The van der Waals surface area contributed by atoms with Crippen molar-refractivity contribution in [1.29, 1.82) is 0 Å². The summed E-state index contributed by atoms with van der Waals surface area (Å²) in [6.07, 6.45) is 3.93. The molecule has 0 atom stereocenters. The number of hydrogen-bond acceptors (Lipinski definition) is 3. The number of pyridine rings is 1. The van der Waals surface area contributed by atoms with E-state index >= 15 is 0 Å². The van der Waals surface area contributed by atoms with Crippen LogP contribution in [0.5, 0.6) is 0 Å². The maximum absolute atomic E-state index is 4.60. The van der Waals surface area contributed by atoms with Gasteiger partial charge < -0.3 is 5.32 Å².